The smallest absolute Gasteiger partial charge is 0.410 e. The van der Waals surface area contributed by atoms with Crippen LogP contribution in [0.4, 0.5) is 10.5 Å². The summed E-state index contributed by atoms with van der Waals surface area (Å²) in [5, 5.41) is 36.1. The topological polar surface area (TPSA) is 189 Å². The number of likely N-dealkylation sites (N-methyl/N-ethyl adjacent to an activating group) is 1. The SMILES string of the molecule is C=CCO[C@@]12Oc3ccc(Oc4ccc(OC)c(C=O)c4)cc3[C@H]3[C@H](CCCCO)[C@@H](CCCCO)C=C(C(=NOCc4ccc([N+](=O)[O-])cc4)C[C@@H]1N(C)C(=O)OCc1ccccc1)[C@H]32. The summed E-state index contributed by atoms with van der Waals surface area (Å²) < 4.78 is 31.9. The number of nitro groups is 1. The standard InChI is InChI=1S/C51H57N3O12/c1-4-26-63-51-47(53(2)50(58)62-32-34-12-6-5-7-13-34)30-44(52-64-33-35-16-18-38(19-17-35)54(59)60)42-28-36(14-8-10-24-55)41(15-9-11-25-56)48(49(42)51)43-29-40(21-23-46(43)66-51)65-39-20-22-45(61-3)37(27-39)31-57/h4-7,12-13,16-23,27-29,31,36,41,47-49,55-56H,1,8-11,14-15,24-26,30,32-33H2,2-3H3/t36-,41+,47-,48+,49+,51+/m0/s1. The Bertz CT molecular complexity index is 2390. The van der Waals surface area contributed by atoms with Gasteiger partial charge in [0.25, 0.3) is 5.69 Å². The van der Waals surface area contributed by atoms with Gasteiger partial charge in [0, 0.05) is 50.3 Å². The number of ether oxygens (including phenoxy) is 5. The van der Waals surface area contributed by atoms with E-state index in [1.165, 1.54) is 24.1 Å². The van der Waals surface area contributed by atoms with E-state index in [1.807, 2.05) is 42.5 Å². The summed E-state index contributed by atoms with van der Waals surface area (Å²) in [7, 11) is 3.15. The van der Waals surface area contributed by atoms with Crippen LogP contribution >= 0.6 is 0 Å². The number of hydrogen-bond acceptors (Lipinski definition) is 13. The molecule has 0 radical (unpaired) electrons. The van der Waals surface area contributed by atoms with E-state index in [0.717, 1.165) is 42.4 Å². The van der Waals surface area contributed by atoms with Crippen LogP contribution < -0.4 is 14.2 Å². The molecule has 7 rings (SSSR count). The Hall–Kier alpha value is -6.55. The Kier molecular flexibility index (Phi) is 15.9. The molecule has 0 unspecified atom stereocenters. The molecule has 15 nitrogen and oxygen atoms in total. The molecule has 1 amide bonds. The first-order valence-electron chi connectivity index (χ1n) is 22.3. The number of nitro benzene ring substituents is 1. The summed E-state index contributed by atoms with van der Waals surface area (Å²) in [5.74, 6) is -0.650. The fourth-order valence-electron chi connectivity index (χ4n) is 9.64. The van der Waals surface area contributed by atoms with Gasteiger partial charge >= 0.3 is 6.09 Å². The number of non-ortho nitro benzene ring substituents is 1. The van der Waals surface area contributed by atoms with Crippen molar-refractivity contribution in [2.45, 2.75) is 75.9 Å². The molecule has 1 fully saturated rings. The quantitative estimate of drug-likeness (QED) is 0.0250. The van der Waals surface area contributed by atoms with Gasteiger partial charge < -0.3 is 43.6 Å². The van der Waals surface area contributed by atoms with Gasteiger partial charge in [-0.25, -0.2) is 4.79 Å². The van der Waals surface area contributed by atoms with Crippen LogP contribution in [0.2, 0.25) is 0 Å². The molecule has 0 aromatic heterocycles. The summed E-state index contributed by atoms with van der Waals surface area (Å²) in [6.45, 7) is 4.19. The summed E-state index contributed by atoms with van der Waals surface area (Å²) in [5.41, 5.74) is 4.01. The Morgan fingerprint density at radius 1 is 0.955 bits per heavy atom. The molecule has 15 heteroatoms. The van der Waals surface area contributed by atoms with E-state index in [4.69, 9.17) is 33.7 Å². The number of hydrogen-bond donors (Lipinski definition) is 2. The van der Waals surface area contributed by atoms with Gasteiger partial charge in [-0.1, -0.05) is 60.5 Å². The molecular weight excluding hydrogens is 847 g/mol. The van der Waals surface area contributed by atoms with Crippen molar-refractivity contribution in [3.05, 3.63) is 148 Å². The van der Waals surface area contributed by atoms with E-state index in [2.05, 4.69) is 12.7 Å². The minimum Gasteiger partial charge on any atom is -0.496 e. The Balaban J connectivity index is 1.38. The van der Waals surface area contributed by atoms with Crippen LogP contribution in [0.5, 0.6) is 23.0 Å². The third-order valence-corrected chi connectivity index (χ3v) is 12.7. The highest BCUT2D eigenvalue weighted by molar-refractivity contribution is 6.03. The zero-order valence-electron chi connectivity index (χ0n) is 37.3. The van der Waals surface area contributed by atoms with Crippen LogP contribution in [0.1, 0.15) is 77.9 Å². The molecule has 4 aromatic rings. The van der Waals surface area contributed by atoms with Gasteiger partial charge in [0.15, 0.2) is 6.29 Å². The van der Waals surface area contributed by atoms with Crippen molar-refractivity contribution >= 4 is 23.8 Å². The lowest BCUT2D eigenvalue weighted by Gasteiger charge is -2.59. The molecule has 0 spiro atoms. The number of benzene rings is 4. The number of aliphatic hydroxyl groups excluding tert-OH is 2. The van der Waals surface area contributed by atoms with Crippen LogP contribution in [0.3, 0.4) is 0 Å². The number of methoxy groups -OCH3 is 1. The van der Waals surface area contributed by atoms with E-state index in [9.17, 15) is 29.9 Å². The normalized spacial score (nSPS) is 22.2. The Morgan fingerprint density at radius 2 is 1.67 bits per heavy atom. The summed E-state index contributed by atoms with van der Waals surface area (Å²) >= 11 is 0. The number of carbonyl (C=O) groups excluding carboxylic acids is 2. The zero-order valence-corrected chi connectivity index (χ0v) is 37.3. The van der Waals surface area contributed by atoms with Crippen molar-refractivity contribution < 1.29 is 53.2 Å². The Morgan fingerprint density at radius 3 is 2.36 bits per heavy atom. The van der Waals surface area contributed by atoms with Gasteiger partial charge in [0.05, 0.1) is 35.8 Å². The molecule has 66 heavy (non-hydrogen) atoms. The van der Waals surface area contributed by atoms with Gasteiger partial charge in [-0.05, 0) is 103 Å². The molecule has 0 saturated heterocycles. The number of aliphatic hydroxyl groups is 2. The average molecular weight is 904 g/mol. The molecule has 1 heterocycles. The molecular formula is C51H57N3O12. The Labute approximate surface area is 384 Å². The van der Waals surface area contributed by atoms with E-state index in [1.54, 1.807) is 49.5 Å². The molecule has 3 aliphatic rings. The monoisotopic (exact) mass is 903 g/mol. The highest BCUT2D eigenvalue weighted by Gasteiger charge is 2.65. The summed E-state index contributed by atoms with van der Waals surface area (Å²) in [4.78, 5) is 44.7. The maximum Gasteiger partial charge on any atom is 0.410 e. The average Bonchev–Trinajstić information content (AvgIpc) is 3.34. The predicted molar refractivity (Wildman–Crippen MR) is 246 cm³/mol. The molecule has 6 atom stereocenters. The second-order valence-electron chi connectivity index (χ2n) is 16.7. The number of oxime groups is 1. The number of nitrogens with zero attached hydrogens (tertiary/aromatic N) is 3. The number of unbranched alkanes of at least 4 members (excludes halogenated alkanes) is 2. The van der Waals surface area contributed by atoms with E-state index < -0.39 is 28.8 Å². The predicted octanol–water partition coefficient (Wildman–Crippen LogP) is 9.31. The maximum absolute atomic E-state index is 14.3. The minimum absolute atomic E-state index is 0.0154. The highest BCUT2D eigenvalue weighted by Crippen LogP contribution is 2.62. The summed E-state index contributed by atoms with van der Waals surface area (Å²) in [6.07, 6.45) is 8.28. The maximum atomic E-state index is 14.3. The third-order valence-electron chi connectivity index (χ3n) is 12.7. The fourth-order valence-corrected chi connectivity index (χ4v) is 9.64. The lowest BCUT2D eigenvalue weighted by Crippen LogP contribution is -2.69. The molecule has 1 aliphatic heterocycles. The van der Waals surface area contributed by atoms with Crippen LogP contribution in [0.25, 0.3) is 0 Å². The lowest BCUT2D eigenvalue weighted by molar-refractivity contribution is -0.384. The second-order valence-corrected chi connectivity index (χ2v) is 16.7. The van der Waals surface area contributed by atoms with Gasteiger partial charge in [0.1, 0.15) is 42.3 Å². The van der Waals surface area contributed by atoms with E-state index in [0.29, 0.717) is 59.0 Å². The molecule has 1 saturated carbocycles. The van der Waals surface area contributed by atoms with Crippen molar-refractivity contribution in [2.24, 2.45) is 22.9 Å². The van der Waals surface area contributed by atoms with Crippen molar-refractivity contribution in [3.63, 3.8) is 0 Å². The molecule has 4 aromatic carbocycles. The first-order chi connectivity index (χ1) is 32.1. The number of fused-ring (bicyclic) bond motifs is 2. The lowest BCUT2D eigenvalue weighted by atomic mass is 9.55. The van der Waals surface area contributed by atoms with Crippen LogP contribution in [-0.4, -0.2) is 83.9 Å². The number of rotatable bonds is 22. The fraction of sp³-hybridized carbons (Fsp3) is 0.392. The van der Waals surface area contributed by atoms with Gasteiger partial charge in [-0.3, -0.25) is 14.9 Å². The highest BCUT2D eigenvalue weighted by atomic mass is 16.7. The molecule has 0 bridgehead atoms. The van der Waals surface area contributed by atoms with Gasteiger partial charge in [-0.2, -0.15) is 0 Å². The summed E-state index contributed by atoms with van der Waals surface area (Å²) in [6, 6.07) is 25.2. The van der Waals surface area contributed by atoms with Crippen molar-refractivity contribution in [1.29, 1.82) is 0 Å². The van der Waals surface area contributed by atoms with Crippen LogP contribution in [-0.2, 0) is 27.5 Å². The third kappa shape index (κ3) is 10.4. The number of amides is 1. The van der Waals surface area contributed by atoms with Gasteiger partial charge in [0.2, 0.25) is 5.79 Å². The zero-order chi connectivity index (χ0) is 46.6. The van der Waals surface area contributed by atoms with Gasteiger partial charge in [-0.15, -0.1) is 6.58 Å². The largest absolute Gasteiger partial charge is 0.496 e. The number of allylic oxidation sites excluding steroid dienone is 1. The number of carbonyl (C=O) groups is 2. The second kappa shape index (κ2) is 22.1. The van der Waals surface area contributed by atoms with Crippen molar-refractivity contribution in [1.82, 2.24) is 4.90 Å². The van der Waals surface area contributed by atoms with Crippen molar-refractivity contribution in [3.8, 4) is 23.0 Å². The van der Waals surface area contributed by atoms with Crippen molar-refractivity contribution in [2.75, 3.05) is 34.0 Å². The molecule has 2 aliphatic carbocycles. The van der Waals surface area contributed by atoms with Crippen LogP contribution in [0, 0.1) is 27.9 Å². The first-order valence-corrected chi connectivity index (χ1v) is 22.3. The molecule has 348 valence electrons. The number of aldehydes is 1. The minimum atomic E-state index is -1.52. The van der Waals surface area contributed by atoms with Crippen LogP contribution in [0.15, 0.2) is 120 Å². The van der Waals surface area contributed by atoms with E-state index >= 15 is 0 Å². The van der Waals surface area contributed by atoms with E-state index in [-0.39, 0.29) is 62.9 Å². The first kappa shape index (κ1) is 47.4. The molecule has 2 N–H and O–H groups in total.